The van der Waals surface area contributed by atoms with Gasteiger partial charge in [-0.3, -0.25) is 4.79 Å². The van der Waals surface area contributed by atoms with E-state index >= 15 is 0 Å². The predicted octanol–water partition coefficient (Wildman–Crippen LogP) is 5.41. The van der Waals surface area contributed by atoms with E-state index in [-0.39, 0.29) is 12.5 Å². The number of nitrogens with zero attached hydrogens (tertiary/aromatic N) is 2. The molecule has 0 saturated carbocycles. The molecule has 41 heavy (non-hydrogen) atoms. The lowest BCUT2D eigenvalue weighted by molar-refractivity contribution is -0.151. The molecule has 0 bridgehead atoms. The number of fused-ring (bicyclic) bond motifs is 3. The van der Waals surface area contributed by atoms with Crippen LogP contribution in [0.5, 0.6) is 5.75 Å². The molecule has 1 spiro atoms. The number of benzene rings is 1. The van der Waals surface area contributed by atoms with Crippen molar-refractivity contribution < 1.29 is 28.6 Å². The second-order valence-electron chi connectivity index (χ2n) is 12.1. The number of aryl methyl sites for hydroxylation is 2. The zero-order valence-corrected chi connectivity index (χ0v) is 25.0. The number of ether oxygens (including phenoxy) is 3. The molecule has 4 rings (SSSR count). The fraction of sp³-hybridized carbons (Fsp3) is 0.562. The normalized spacial score (nSPS) is 20.7. The van der Waals surface area contributed by atoms with Gasteiger partial charge in [0.05, 0.1) is 24.9 Å². The number of amides is 2. The maximum atomic E-state index is 14.1. The third kappa shape index (κ3) is 7.00. The number of unbranched alkanes of at least 4 members (excludes halogenated alkanes) is 3. The molecule has 2 amide bonds. The summed E-state index contributed by atoms with van der Waals surface area (Å²) in [6.45, 7) is 11.2. The summed E-state index contributed by atoms with van der Waals surface area (Å²) in [5.74, 6) is -0.117. The SMILES string of the molecule is C=CCCCCCC(NC(=O)OC(C)(C)C)C(=O)N1CC2(CCc3c(c(C)nc4ccccc34)O2)CC1C(=O)OC. The van der Waals surface area contributed by atoms with Crippen molar-refractivity contribution >= 4 is 28.9 Å². The Labute approximate surface area is 242 Å². The Kier molecular flexibility index (Phi) is 9.24. The Hall–Kier alpha value is -3.62. The van der Waals surface area contributed by atoms with Gasteiger partial charge in [-0.05, 0) is 65.9 Å². The van der Waals surface area contributed by atoms with Gasteiger partial charge < -0.3 is 24.4 Å². The molecule has 9 nitrogen and oxygen atoms in total. The zero-order valence-electron chi connectivity index (χ0n) is 25.0. The zero-order chi connectivity index (χ0) is 29.8. The number of hydrogen-bond acceptors (Lipinski definition) is 7. The van der Waals surface area contributed by atoms with Crippen LogP contribution < -0.4 is 10.1 Å². The summed E-state index contributed by atoms with van der Waals surface area (Å²) in [5.41, 5.74) is 1.32. The van der Waals surface area contributed by atoms with Crippen molar-refractivity contribution in [3.63, 3.8) is 0 Å². The Bertz CT molecular complexity index is 1300. The summed E-state index contributed by atoms with van der Waals surface area (Å²) in [6, 6.07) is 6.32. The highest BCUT2D eigenvalue weighted by molar-refractivity contribution is 5.91. The number of rotatable bonds is 9. The summed E-state index contributed by atoms with van der Waals surface area (Å²) >= 11 is 0. The average molecular weight is 566 g/mol. The van der Waals surface area contributed by atoms with E-state index in [2.05, 4.69) is 11.9 Å². The summed E-state index contributed by atoms with van der Waals surface area (Å²) in [7, 11) is 1.32. The first kappa shape index (κ1) is 30.3. The van der Waals surface area contributed by atoms with Crippen LogP contribution >= 0.6 is 0 Å². The summed E-state index contributed by atoms with van der Waals surface area (Å²) in [5, 5.41) is 3.83. The van der Waals surface area contributed by atoms with Crippen LogP contribution in [0.3, 0.4) is 0 Å². The first-order valence-corrected chi connectivity index (χ1v) is 14.5. The highest BCUT2D eigenvalue weighted by Crippen LogP contribution is 2.44. The third-order valence-electron chi connectivity index (χ3n) is 7.82. The molecule has 1 fully saturated rings. The summed E-state index contributed by atoms with van der Waals surface area (Å²) in [6.07, 6.45) is 6.75. The van der Waals surface area contributed by atoms with Crippen LogP contribution in [0.25, 0.3) is 10.9 Å². The lowest BCUT2D eigenvalue weighted by Crippen LogP contribution is -2.53. The highest BCUT2D eigenvalue weighted by Gasteiger charge is 2.53. The van der Waals surface area contributed by atoms with E-state index in [1.807, 2.05) is 37.3 Å². The molecule has 1 aromatic carbocycles. The van der Waals surface area contributed by atoms with Crippen LogP contribution in [0.15, 0.2) is 36.9 Å². The third-order valence-corrected chi connectivity index (χ3v) is 7.82. The van der Waals surface area contributed by atoms with Crippen molar-refractivity contribution in [2.45, 2.75) is 102 Å². The van der Waals surface area contributed by atoms with Crippen molar-refractivity contribution in [1.82, 2.24) is 15.2 Å². The number of nitrogens with one attached hydrogen (secondary N) is 1. The maximum absolute atomic E-state index is 14.1. The highest BCUT2D eigenvalue weighted by atomic mass is 16.6. The molecule has 2 aromatic rings. The van der Waals surface area contributed by atoms with Crippen LogP contribution in [0.4, 0.5) is 4.79 Å². The van der Waals surface area contributed by atoms with Gasteiger partial charge in [0.15, 0.2) is 0 Å². The lowest BCUT2D eigenvalue weighted by atomic mass is 9.87. The van der Waals surface area contributed by atoms with E-state index in [4.69, 9.17) is 19.2 Å². The monoisotopic (exact) mass is 565 g/mol. The quantitative estimate of drug-likeness (QED) is 0.246. The van der Waals surface area contributed by atoms with Crippen molar-refractivity contribution in [1.29, 1.82) is 0 Å². The molecule has 1 aromatic heterocycles. The fourth-order valence-electron chi connectivity index (χ4n) is 5.90. The van der Waals surface area contributed by atoms with Gasteiger partial charge in [-0.1, -0.05) is 37.1 Å². The van der Waals surface area contributed by atoms with E-state index in [1.165, 1.54) is 12.0 Å². The van der Waals surface area contributed by atoms with Crippen LogP contribution in [0, 0.1) is 6.92 Å². The molecule has 0 radical (unpaired) electrons. The number of alkyl carbamates (subject to hydrolysis) is 1. The number of allylic oxidation sites excluding steroid dienone is 1. The number of esters is 1. The van der Waals surface area contributed by atoms with E-state index in [1.54, 1.807) is 20.8 Å². The molecule has 3 unspecified atom stereocenters. The number of methoxy groups -OCH3 is 1. The van der Waals surface area contributed by atoms with Crippen molar-refractivity contribution in [3.8, 4) is 5.75 Å². The second-order valence-corrected chi connectivity index (χ2v) is 12.1. The minimum absolute atomic E-state index is 0.209. The van der Waals surface area contributed by atoms with E-state index in [9.17, 15) is 14.4 Å². The Morgan fingerprint density at radius 1 is 1.24 bits per heavy atom. The Morgan fingerprint density at radius 2 is 2.00 bits per heavy atom. The number of hydrogen-bond donors (Lipinski definition) is 1. The van der Waals surface area contributed by atoms with Gasteiger partial charge in [0, 0.05) is 17.4 Å². The molecular weight excluding hydrogens is 522 g/mol. The molecule has 0 aliphatic carbocycles. The number of carbonyl (C=O) groups excluding carboxylic acids is 3. The molecule has 222 valence electrons. The van der Waals surface area contributed by atoms with Crippen molar-refractivity contribution in [2.75, 3.05) is 13.7 Å². The topological polar surface area (TPSA) is 107 Å². The first-order chi connectivity index (χ1) is 19.5. The van der Waals surface area contributed by atoms with Crippen molar-refractivity contribution in [3.05, 3.63) is 48.2 Å². The second kappa shape index (κ2) is 12.5. The van der Waals surface area contributed by atoms with Gasteiger partial charge in [0.1, 0.15) is 29.0 Å². The molecular formula is C32H43N3O6. The van der Waals surface area contributed by atoms with E-state index < -0.39 is 35.3 Å². The molecule has 3 heterocycles. The van der Waals surface area contributed by atoms with Gasteiger partial charge in [-0.25, -0.2) is 14.6 Å². The fourth-order valence-corrected chi connectivity index (χ4v) is 5.90. The van der Waals surface area contributed by atoms with Gasteiger partial charge in [0.2, 0.25) is 5.91 Å². The standard InChI is InChI=1S/C32H43N3O6/c1-7-8-9-10-11-16-25(34-30(38)41-31(3,4)5)28(36)35-20-32(19-26(35)29(37)39-6)18-17-23-22-14-12-13-15-24(22)33-21(2)27(23)40-32/h7,12-15,25-26H,1,8-11,16-20H2,2-6H3,(H,34,38). The first-order valence-electron chi connectivity index (χ1n) is 14.5. The van der Waals surface area contributed by atoms with Gasteiger partial charge in [0.25, 0.3) is 0 Å². The number of pyridine rings is 1. The van der Waals surface area contributed by atoms with Crippen LogP contribution in [-0.2, 0) is 25.5 Å². The van der Waals surface area contributed by atoms with Gasteiger partial charge in [-0.2, -0.15) is 0 Å². The van der Waals surface area contributed by atoms with Crippen LogP contribution in [0.2, 0.25) is 0 Å². The summed E-state index contributed by atoms with van der Waals surface area (Å²) in [4.78, 5) is 46.1. The predicted molar refractivity (Wildman–Crippen MR) is 157 cm³/mol. The Morgan fingerprint density at radius 3 is 2.71 bits per heavy atom. The summed E-state index contributed by atoms with van der Waals surface area (Å²) < 4.78 is 17.3. The molecule has 1 saturated heterocycles. The molecule has 1 N–H and O–H groups in total. The number of para-hydroxylation sites is 1. The van der Waals surface area contributed by atoms with Crippen molar-refractivity contribution in [2.24, 2.45) is 0 Å². The van der Waals surface area contributed by atoms with E-state index in [0.29, 0.717) is 19.3 Å². The number of aromatic nitrogens is 1. The molecule has 9 heteroatoms. The Balaban J connectivity index is 1.59. The van der Waals surface area contributed by atoms with E-state index in [0.717, 1.165) is 60.0 Å². The minimum atomic E-state index is -0.848. The molecule has 2 aliphatic heterocycles. The molecule has 3 atom stereocenters. The average Bonchev–Trinajstić information content (AvgIpc) is 3.29. The minimum Gasteiger partial charge on any atom is -0.483 e. The largest absolute Gasteiger partial charge is 0.483 e. The molecule has 2 aliphatic rings. The lowest BCUT2D eigenvalue weighted by Gasteiger charge is -2.36. The number of likely N-dealkylation sites (tertiary alicyclic amines) is 1. The van der Waals surface area contributed by atoms with Gasteiger partial charge >= 0.3 is 12.1 Å². The van der Waals surface area contributed by atoms with Crippen LogP contribution in [-0.4, -0.2) is 64.8 Å². The number of carbonyl (C=O) groups is 3. The van der Waals surface area contributed by atoms with Gasteiger partial charge in [-0.15, -0.1) is 6.58 Å². The van der Waals surface area contributed by atoms with Crippen LogP contribution in [0.1, 0.15) is 77.0 Å². The smallest absolute Gasteiger partial charge is 0.408 e. The maximum Gasteiger partial charge on any atom is 0.408 e.